The number of alkyl carbamates (subject to hydrolysis) is 1. The first-order valence-corrected chi connectivity index (χ1v) is 10.9. The smallest absolute Gasteiger partial charge is 0.407 e. The first-order chi connectivity index (χ1) is 15.5. The van der Waals surface area contributed by atoms with Crippen molar-refractivity contribution in [3.8, 4) is 11.1 Å². The van der Waals surface area contributed by atoms with Crippen LogP contribution in [0.25, 0.3) is 11.1 Å². The maximum atomic E-state index is 12.4. The van der Waals surface area contributed by atoms with E-state index in [9.17, 15) is 14.4 Å². The molecule has 1 aromatic heterocycles. The number of amides is 2. The highest BCUT2D eigenvalue weighted by molar-refractivity contribution is 7.09. The van der Waals surface area contributed by atoms with Crippen molar-refractivity contribution in [2.75, 3.05) is 6.61 Å². The zero-order valence-corrected chi connectivity index (χ0v) is 17.8. The fourth-order valence-corrected chi connectivity index (χ4v) is 4.35. The Hall–Kier alpha value is -3.72. The Morgan fingerprint density at radius 2 is 1.72 bits per heavy atom. The molecule has 8 nitrogen and oxygen atoms in total. The van der Waals surface area contributed by atoms with Crippen LogP contribution >= 0.6 is 11.3 Å². The first-order valence-electron chi connectivity index (χ1n) is 10.0. The van der Waals surface area contributed by atoms with E-state index in [2.05, 4.69) is 15.6 Å². The number of hydrogen-bond acceptors (Lipinski definition) is 6. The van der Waals surface area contributed by atoms with Crippen LogP contribution in [0, 0.1) is 0 Å². The van der Waals surface area contributed by atoms with Crippen molar-refractivity contribution in [2.24, 2.45) is 0 Å². The molecule has 1 heterocycles. The molecule has 0 saturated heterocycles. The topological polar surface area (TPSA) is 118 Å². The lowest BCUT2D eigenvalue weighted by Crippen LogP contribution is -2.48. The Balaban J connectivity index is 1.39. The molecule has 1 unspecified atom stereocenters. The maximum absolute atomic E-state index is 12.4. The van der Waals surface area contributed by atoms with E-state index in [1.165, 1.54) is 11.3 Å². The monoisotopic (exact) mass is 451 g/mol. The van der Waals surface area contributed by atoms with E-state index in [1.807, 2.05) is 48.5 Å². The van der Waals surface area contributed by atoms with E-state index in [0.29, 0.717) is 5.01 Å². The number of thiazole rings is 1. The Labute approximate surface area is 188 Å². The largest absolute Gasteiger partial charge is 0.481 e. The van der Waals surface area contributed by atoms with Crippen molar-refractivity contribution in [3.05, 3.63) is 76.2 Å². The van der Waals surface area contributed by atoms with Crippen molar-refractivity contribution in [1.82, 2.24) is 15.6 Å². The van der Waals surface area contributed by atoms with E-state index in [1.54, 1.807) is 11.6 Å². The molecule has 1 atom stereocenters. The quantitative estimate of drug-likeness (QED) is 0.484. The number of fused-ring (bicyclic) bond motifs is 3. The van der Waals surface area contributed by atoms with Gasteiger partial charge in [0.15, 0.2) is 0 Å². The van der Waals surface area contributed by atoms with Crippen molar-refractivity contribution >= 4 is 29.3 Å². The highest BCUT2D eigenvalue weighted by atomic mass is 32.1. The minimum absolute atomic E-state index is 0.0698. The molecule has 0 saturated carbocycles. The van der Waals surface area contributed by atoms with E-state index in [-0.39, 0.29) is 19.1 Å². The maximum Gasteiger partial charge on any atom is 0.407 e. The van der Waals surface area contributed by atoms with E-state index < -0.39 is 30.4 Å². The van der Waals surface area contributed by atoms with Gasteiger partial charge in [0.1, 0.15) is 17.7 Å². The van der Waals surface area contributed by atoms with Crippen molar-refractivity contribution < 1.29 is 24.2 Å². The Morgan fingerprint density at radius 1 is 1.06 bits per heavy atom. The van der Waals surface area contributed by atoms with Gasteiger partial charge in [-0.2, -0.15) is 0 Å². The molecule has 2 amide bonds. The lowest BCUT2D eigenvalue weighted by Gasteiger charge is -2.18. The number of carboxylic acids is 1. The van der Waals surface area contributed by atoms with Crippen molar-refractivity contribution in [3.63, 3.8) is 0 Å². The average Bonchev–Trinajstić information content (AvgIpc) is 3.41. The van der Waals surface area contributed by atoms with Gasteiger partial charge in [0.2, 0.25) is 5.91 Å². The molecule has 0 aliphatic heterocycles. The van der Waals surface area contributed by atoms with Gasteiger partial charge in [-0.05, 0) is 22.3 Å². The number of aliphatic carboxylic acids is 1. The molecule has 4 rings (SSSR count). The van der Waals surface area contributed by atoms with Gasteiger partial charge in [0.05, 0.1) is 13.0 Å². The van der Waals surface area contributed by atoms with Crippen LogP contribution < -0.4 is 10.6 Å². The van der Waals surface area contributed by atoms with Gasteiger partial charge in [-0.15, -0.1) is 11.3 Å². The molecule has 32 heavy (non-hydrogen) atoms. The van der Waals surface area contributed by atoms with Crippen LogP contribution in [-0.2, 0) is 20.9 Å². The molecule has 9 heteroatoms. The van der Waals surface area contributed by atoms with E-state index >= 15 is 0 Å². The van der Waals surface area contributed by atoms with Gasteiger partial charge in [-0.3, -0.25) is 9.59 Å². The lowest BCUT2D eigenvalue weighted by atomic mass is 9.98. The summed E-state index contributed by atoms with van der Waals surface area (Å²) in [7, 11) is 0. The van der Waals surface area contributed by atoms with Crippen LogP contribution in [0.2, 0.25) is 0 Å². The third kappa shape index (κ3) is 4.78. The number of ether oxygens (including phenoxy) is 1. The molecule has 1 aliphatic rings. The average molecular weight is 452 g/mol. The molecule has 3 N–H and O–H groups in total. The number of nitrogens with zero attached hydrogens (tertiary/aromatic N) is 1. The molecule has 2 aromatic carbocycles. The summed E-state index contributed by atoms with van der Waals surface area (Å²) in [5, 5.41) is 16.6. The summed E-state index contributed by atoms with van der Waals surface area (Å²) in [6.07, 6.45) is 0.200. The summed E-state index contributed by atoms with van der Waals surface area (Å²) in [4.78, 5) is 40.1. The Kier molecular flexibility index (Phi) is 6.46. The number of carbonyl (C=O) groups is 3. The zero-order valence-electron chi connectivity index (χ0n) is 17.0. The van der Waals surface area contributed by atoms with Crippen LogP contribution in [-0.4, -0.2) is 40.7 Å². The highest BCUT2D eigenvalue weighted by Crippen LogP contribution is 2.44. The van der Waals surface area contributed by atoms with Gasteiger partial charge in [-0.25, -0.2) is 9.78 Å². The number of benzene rings is 2. The molecule has 164 valence electrons. The van der Waals surface area contributed by atoms with Gasteiger partial charge < -0.3 is 20.5 Å². The second kappa shape index (κ2) is 9.61. The number of carbonyl (C=O) groups excluding carboxylic acids is 2. The summed E-state index contributed by atoms with van der Waals surface area (Å²) in [6.45, 7) is 0.222. The highest BCUT2D eigenvalue weighted by Gasteiger charge is 2.30. The van der Waals surface area contributed by atoms with E-state index in [0.717, 1.165) is 22.3 Å². The number of hydrogen-bond donors (Lipinski definition) is 3. The van der Waals surface area contributed by atoms with Crippen LogP contribution in [0.4, 0.5) is 4.79 Å². The van der Waals surface area contributed by atoms with Crippen LogP contribution in [0.1, 0.15) is 28.5 Å². The molecular formula is C23H21N3O5S. The molecule has 0 radical (unpaired) electrons. The summed E-state index contributed by atoms with van der Waals surface area (Å²) < 4.78 is 5.42. The third-order valence-electron chi connectivity index (χ3n) is 5.23. The lowest BCUT2D eigenvalue weighted by molar-refractivity contribution is -0.139. The van der Waals surface area contributed by atoms with Gasteiger partial charge in [0.25, 0.3) is 0 Å². The fraction of sp³-hybridized carbons (Fsp3) is 0.217. The van der Waals surface area contributed by atoms with Gasteiger partial charge >= 0.3 is 12.1 Å². The summed E-state index contributed by atoms with van der Waals surface area (Å²) >= 11 is 1.36. The van der Waals surface area contributed by atoms with Crippen LogP contribution in [0.3, 0.4) is 0 Å². The predicted octanol–water partition coefficient (Wildman–Crippen LogP) is 3.14. The van der Waals surface area contributed by atoms with Crippen LogP contribution in [0.15, 0.2) is 60.1 Å². The molecule has 3 aromatic rings. The molecule has 0 bridgehead atoms. The molecular weight excluding hydrogens is 430 g/mol. The molecule has 0 spiro atoms. The van der Waals surface area contributed by atoms with Crippen LogP contribution in [0.5, 0.6) is 0 Å². The fourth-order valence-electron chi connectivity index (χ4n) is 3.79. The second-order valence-electron chi connectivity index (χ2n) is 7.26. The second-order valence-corrected chi connectivity index (χ2v) is 8.24. The Bertz CT molecular complexity index is 1090. The number of nitrogens with one attached hydrogen (secondary N) is 2. The third-order valence-corrected chi connectivity index (χ3v) is 6.01. The molecule has 1 aliphatic carbocycles. The standard InChI is InChI=1S/C23H21N3O5S/c27-21(28)11-19(22(29)25-12-20-24-9-10-32-20)26-23(30)31-13-18-16-7-3-1-5-14(16)15-6-2-4-8-17(15)18/h1-10,18-19H,11-13H2,(H,25,29)(H,26,30)(H,27,28). The van der Waals surface area contributed by atoms with Crippen molar-refractivity contribution in [1.29, 1.82) is 0 Å². The summed E-state index contributed by atoms with van der Waals surface area (Å²) in [5.74, 6) is -1.96. The first kappa shape index (κ1) is 21.5. The predicted molar refractivity (Wildman–Crippen MR) is 118 cm³/mol. The number of aromatic nitrogens is 1. The summed E-state index contributed by atoms with van der Waals surface area (Å²) in [5.41, 5.74) is 4.32. The normalized spacial score (nSPS) is 13.0. The van der Waals surface area contributed by atoms with E-state index in [4.69, 9.17) is 9.84 Å². The molecule has 0 fully saturated rings. The number of carboxylic acid groups (broad SMARTS) is 1. The van der Waals surface area contributed by atoms with Crippen molar-refractivity contribution in [2.45, 2.75) is 24.9 Å². The number of rotatable bonds is 8. The zero-order chi connectivity index (χ0) is 22.5. The van der Waals surface area contributed by atoms with Gasteiger partial charge in [0, 0.05) is 17.5 Å². The SMILES string of the molecule is O=C(O)CC(NC(=O)OCC1c2ccccc2-c2ccccc21)C(=O)NCc1nccs1. The van der Waals surface area contributed by atoms with Gasteiger partial charge in [-0.1, -0.05) is 48.5 Å². The Morgan fingerprint density at radius 3 is 2.31 bits per heavy atom. The minimum atomic E-state index is -1.26. The minimum Gasteiger partial charge on any atom is -0.481 e. The summed E-state index contributed by atoms with van der Waals surface area (Å²) in [6, 6.07) is 14.6.